The van der Waals surface area contributed by atoms with Crippen LogP contribution in [0.3, 0.4) is 0 Å². The fraction of sp³-hybridized carbons (Fsp3) is 0.158. The molecule has 0 aliphatic rings. The molecule has 0 bridgehead atoms. The first-order valence-electron chi connectivity index (χ1n) is 7.46. The molecule has 0 radical (unpaired) electrons. The van der Waals surface area contributed by atoms with Crippen molar-refractivity contribution >= 4 is 23.6 Å². The number of hydrogen-bond acceptors (Lipinski definition) is 4. The van der Waals surface area contributed by atoms with Crippen LogP contribution in [0.4, 0.5) is 0 Å². The van der Waals surface area contributed by atoms with Crippen molar-refractivity contribution in [3.8, 4) is 17.6 Å². The van der Waals surface area contributed by atoms with E-state index < -0.39 is 5.91 Å². The lowest BCUT2D eigenvalue weighted by atomic mass is 10.1. The molecule has 0 heterocycles. The predicted octanol–water partition coefficient (Wildman–Crippen LogP) is 3.58. The number of amides is 1. The number of nitrogens with zero attached hydrogens (tertiary/aromatic N) is 1. The van der Waals surface area contributed by atoms with Gasteiger partial charge in [0.15, 0.2) is 11.5 Å². The third-order valence-electron chi connectivity index (χ3n) is 3.40. The molecule has 0 unspecified atom stereocenters. The number of carbonyl (C=O) groups excluding carboxylic acids is 1. The summed E-state index contributed by atoms with van der Waals surface area (Å²) in [5, 5.41) is 12.1. The van der Waals surface area contributed by atoms with Gasteiger partial charge in [-0.2, -0.15) is 5.26 Å². The third kappa shape index (κ3) is 5.00. The number of ether oxygens (including phenoxy) is 2. The quantitative estimate of drug-likeness (QED) is 0.634. The van der Waals surface area contributed by atoms with Crippen LogP contribution in [0, 0.1) is 11.3 Å². The van der Waals surface area contributed by atoms with Crippen LogP contribution in [0.15, 0.2) is 48.0 Å². The van der Waals surface area contributed by atoms with Crippen molar-refractivity contribution < 1.29 is 14.3 Å². The van der Waals surface area contributed by atoms with Gasteiger partial charge in [-0.05, 0) is 41.5 Å². The highest BCUT2D eigenvalue weighted by atomic mass is 35.5. The van der Waals surface area contributed by atoms with Gasteiger partial charge in [-0.25, -0.2) is 0 Å². The topological polar surface area (TPSA) is 71.4 Å². The first kappa shape index (κ1) is 18.4. The van der Waals surface area contributed by atoms with Crippen molar-refractivity contribution in [1.82, 2.24) is 5.32 Å². The van der Waals surface area contributed by atoms with Crippen LogP contribution in [0.2, 0.25) is 5.02 Å². The number of benzene rings is 2. The molecule has 1 N–H and O–H groups in total. The van der Waals surface area contributed by atoms with Gasteiger partial charge in [-0.3, -0.25) is 4.79 Å². The Hall–Kier alpha value is -2.97. The minimum absolute atomic E-state index is 0.0133. The smallest absolute Gasteiger partial charge is 0.261 e. The third-order valence-corrected chi connectivity index (χ3v) is 3.65. The summed E-state index contributed by atoms with van der Waals surface area (Å²) in [5.74, 6) is 0.634. The lowest BCUT2D eigenvalue weighted by Gasteiger charge is -2.11. The van der Waals surface area contributed by atoms with Crippen LogP contribution in [-0.4, -0.2) is 20.1 Å². The number of likely N-dealkylation sites (N-methyl/N-ethyl adjacent to an activating group) is 1. The highest BCUT2D eigenvalue weighted by Crippen LogP contribution is 2.29. The number of rotatable bonds is 6. The molecule has 0 aliphatic carbocycles. The van der Waals surface area contributed by atoms with Crippen molar-refractivity contribution in [1.29, 1.82) is 5.26 Å². The van der Waals surface area contributed by atoms with Gasteiger partial charge in [0.1, 0.15) is 18.2 Å². The maximum Gasteiger partial charge on any atom is 0.261 e. The van der Waals surface area contributed by atoms with Gasteiger partial charge >= 0.3 is 0 Å². The monoisotopic (exact) mass is 356 g/mol. The minimum Gasteiger partial charge on any atom is -0.493 e. The van der Waals surface area contributed by atoms with Crippen LogP contribution >= 0.6 is 11.6 Å². The molecule has 2 aromatic rings. The molecule has 128 valence electrons. The van der Waals surface area contributed by atoms with Crippen molar-refractivity contribution in [2.24, 2.45) is 0 Å². The van der Waals surface area contributed by atoms with Crippen molar-refractivity contribution in [3.05, 3.63) is 64.2 Å². The molecule has 0 spiro atoms. The molecule has 1 amide bonds. The van der Waals surface area contributed by atoms with Gasteiger partial charge in [0.2, 0.25) is 0 Å². The zero-order chi connectivity index (χ0) is 18.2. The van der Waals surface area contributed by atoms with Crippen LogP contribution in [0.1, 0.15) is 11.1 Å². The average Bonchev–Trinajstić information content (AvgIpc) is 2.65. The van der Waals surface area contributed by atoms with Gasteiger partial charge in [-0.1, -0.05) is 29.8 Å². The zero-order valence-electron chi connectivity index (χ0n) is 13.9. The SMILES string of the molecule is CNC(=O)/C(C#N)=C/c1ccc(OCc2ccc(Cl)cc2)c(OC)c1. The maximum atomic E-state index is 11.6. The summed E-state index contributed by atoms with van der Waals surface area (Å²) >= 11 is 5.86. The Morgan fingerprint density at radius 2 is 1.96 bits per heavy atom. The van der Waals surface area contributed by atoms with Gasteiger partial charge in [-0.15, -0.1) is 0 Å². The van der Waals surface area contributed by atoms with Gasteiger partial charge in [0, 0.05) is 12.1 Å². The number of methoxy groups -OCH3 is 1. The molecule has 0 aromatic heterocycles. The fourth-order valence-electron chi connectivity index (χ4n) is 2.08. The van der Waals surface area contributed by atoms with Crippen molar-refractivity contribution in [2.75, 3.05) is 14.2 Å². The van der Waals surface area contributed by atoms with Gasteiger partial charge in [0.05, 0.1) is 7.11 Å². The molecule has 6 heteroatoms. The summed E-state index contributed by atoms with van der Waals surface area (Å²) in [5.41, 5.74) is 1.65. The molecule has 2 rings (SSSR count). The Morgan fingerprint density at radius 3 is 2.56 bits per heavy atom. The number of halogens is 1. The first-order valence-corrected chi connectivity index (χ1v) is 7.84. The predicted molar refractivity (Wildman–Crippen MR) is 96.4 cm³/mol. The van der Waals surface area contributed by atoms with E-state index in [1.165, 1.54) is 20.2 Å². The Balaban J connectivity index is 2.18. The van der Waals surface area contributed by atoms with Gasteiger partial charge < -0.3 is 14.8 Å². The summed E-state index contributed by atoms with van der Waals surface area (Å²) in [7, 11) is 3.00. The highest BCUT2D eigenvalue weighted by Gasteiger charge is 2.09. The standard InChI is InChI=1S/C19H17ClN2O3/c1-22-19(23)15(11-21)9-14-5-8-17(18(10-14)24-2)25-12-13-3-6-16(20)7-4-13/h3-10H,12H2,1-2H3,(H,22,23)/b15-9+. The lowest BCUT2D eigenvalue weighted by molar-refractivity contribution is -0.116. The molecule has 5 nitrogen and oxygen atoms in total. The summed E-state index contributed by atoms with van der Waals surface area (Å²) in [6.07, 6.45) is 1.49. The van der Waals surface area contributed by atoms with Gasteiger partial charge in [0.25, 0.3) is 5.91 Å². The zero-order valence-corrected chi connectivity index (χ0v) is 14.6. The van der Waals surface area contributed by atoms with E-state index in [0.29, 0.717) is 28.7 Å². The first-order chi connectivity index (χ1) is 12.1. The lowest BCUT2D eigenvalue weighted by Crippen LogP contribution is -2.19. The van der Waals surface area contributed by atoms with E-state index in [-0.39, 0.29) is 5.57 Å². The molecule has 25 heavy (non-hydrogen) atoms. The summed E-state index contributed by atoms with van der Waals surface area (Å²) in [4.78, 5) is 11.6. The van der Waals surface area contributed by atoms with Crippen LogP contribution in [0.25, 0.3) is 6.08 Å². The molecular formula is C19H17ClN2O3. The van der Waals surface area contributed by atoms with Crippen LogP contribution < -0.4 is 14.8 Å². The van der Waals surface area contributed by atoms with E-state index in [4.69, 9.17) is 26.3 Å². The van der Waals surface area contributed by atoms with E-state index in [1.54, 1.807) is 30.3 Å². The normalized spacial score (nSPS) is 10.7. The van der Waals surface area contributed by atoms with Crippen molar-refractivity contribution in [2.45, 2.75) is 6.61 Å². The highest BCUT2D eigenvalue weighted by molar-refractivity contribution is 6.30. The second-order valence-corrected chi connectivity index (χ2v) is 5.51. The second kappa shape index (κ2) is 8.76. The number of hydrogen-bond donors (Lipinski definition) is 1. The molecule has 2 aromatic carbocycles. The Labute approximate surface area is 151 Å². The summed E-state index contributed by atoms with van der Waals surface area (Å²) in [6, 6.07) is 14.4. The minimum atomic E-state index is -0.440. The van der Waals surface area contributed by atoms with Crippen molar-refractivity contribution in [3.63, 3.8) is 0 Å². The molecule has 0 aliphatic heterocycles. The Kier molecular flexibility index (Phi) is 6.44. The fourth-order valence-corrected chi connectivity index (χ4v) is 2.21. The molecule has 0 saturated carbocycles. The van der Waals surface area contributed by atoms with Crippen LogP contribution in [0.5, 0.6) is 11.5 Å². The Morgan fingerprint density at radius 1 is 1.24 bits per heavy atom. The van der Waals surface area contributed by atoms with E-state index >= 15 is 0 Å². The van der Waals surface area contributed by atoms with E-state index in [9.17, 15) is 4.79 Å². The number of nitriles is 1. The van der Waals surface area contributed by atoms with E-state index in [0.717, 1.165) is 5.56 Å². The van der Waals surface area contributed by atoms with Crippen LogP contribution in [-0.2, 0) is 11.4 Å². The average molecular weight is 357 g/mol. The molecular weight excluding hydrogens is 340 g/mol. The number of nitrogens with one attached hydrogen (secondary N) is 1. The Bertz CT molecular complexity index is 824. The maximum absolute atomic E-state index is 11.6. The molecule has 0 saturated heterocycles. The summed E-state index contributed by atoms with van der Waals surface area (Å²) in [6.45, 7) is 0.365. The molecule has 0 fully saturated rings. The summed E-state index contributed by atoms with van der Waals surface area (Å²) < 4.78 is 11.1. The second-order valence-electron chi connectivity index (χ2n) is 5.07. The van der Waals surface area contributed by atoms with E-state index in [2.05, 4.69) is 5.32 Å². The molecule has 0 atom stereocenters. The largest absolute Gasteiger partial charge is 0.493 e. The van der Waals surface area contributed by atoms with E-state index in [1.807, 2.05) is 18.2 Å². The number of carbonyl (C=O) groups is 1.